The van der Waals surface area contributed by atoms with Crippen LogP contribution in [-0.2, 0) is 0 Å². The summed E-state index contributed by atoms with van der Waals surface area (Å²) in [6, 6.07) is 0. The first-order chi connectivity index (χ1) is 6.86. The third kappa shape index (κ3) is 1.54. The molecule has 4 bridgehead atoms. The van der Waals surface area contributed by atoms with Crippen molar-refractivity contribution in [2.75, 3.05) is 6.16 Å². The summed E-state index contributed by atoms with van der Waals surface area (Å²) in [5, 5.41) is 0. The Morgan fingerprint density at radius 3 is 2.00 bits per heavy atom. The maximum Gasteiger partial charge on any atom is -0.0180 e. The maximum absolute atomic E-state index is 2.35. The molecule has 0 nitrogen and oxygen atoms in total. The van der Waals surface area contributed by atoms with Gasteiger partial charge in [-0.1, -0.05) is 13.3 Å². The van der Waals surface area contributed by atoms with Crippen LogP contribution in [0.5, 0.6) is 0 Å². The van der Waals surface area contributed by atoms with E-state index in [-0.39, 0.29) is 0 Å². The third-order valence-electron chi connectivity index (χ3n) is 4.86. The number of hydrogen-bond acceptors (Lipinski definition) is 0. The molecule has 0 saturated heterocycles. The van der Waals surface area contributed by atoms with Crippen molar-refractivity contribution in [1.29, 1.82) is 0 Å². The fraction of sp³-hybridized carbons (Fsp3) is 1.00. The molecule has 0 aromatic rings. The lowest BCUT2D eigenvalue weighted by molar-refractivity contribution is 0.0256. The zero-order valence-corrected chi connectivity index (χ0v) is 10.3. The van der Waals surface area contributed by atoms with E-state index in [9.17, 15) is 0 Å². The number of rotatable bonds is 3. The largest absolute Gasteiger partial charge is 0.118 e. The molecule has 0 aliphatic heterocycles. The molecule has 4 aliphatic carbocycles. The van der Waals surface area contributed by atoms with Gasteiger partial charge in [-0.3, -0.25) is 0 Å². The van der Waals surface area contributed by atoms with Crippen molar-refractivity contribution >= 4 is 8.58 Å². The second-order valence-electron chi connectivity index (χ2n) is 5.91. The molecule has 0 N–H and O–H groups in total. The van der Waals surface area contributed by atoms with Gasteiger partial charge < -0.3 is 0 Å². The average molecular weight is 210 g/mol. The highest BCUT2D eigenvalue weighted by Gasteiger charge is 2.47. The van der Waals surface area contributed by atoms with Gasteiger partial charge in [0.1, 0.15) is 0 Å². The van der Waals surface area contributed by atoms with Gasteiger partial charge >= 0.3 is 0 Å². The van der Waals surface area contributed by atoms with Gasteiger partial charge in [0.2, 0.25) is 0 Å². The molecule has 1 atom stereocenters. The van der Waals surface area contributed by atoms with E-state index >= 15 is 0 Å². The van der Waals surface area contributed by atoms with E-state index in [1.165, 1.54) is 50.5 Å². The Morgan fingerprint density at radius 2 is 1.50 bits per heavy atom. The van der Waals surface area contributed by atoms with Crippen LogP contribution >= 0.6 is 8.58 Å². The van der Waals surface area contributed by atoms with Gasteiger partial charge in [0.15, 0.2) is 0 Å². The monoisotopic (exact) mass is 210 g/mol. The quantitative estimate of drug-likeness (QED) is 0.620. The topological polar surface area (TPSA) is 0 Å². The van der Waals surface area contributed by atoms with Crippen LogP contribution in [0.25, 0.3) is 0 Å². The summed E-state index contributed by atoms with van der Waals surface area (Å²) in [6.07, 6.45) is 11.0. The fourth-order valence-electron chi connectivity index (χ4n) is 4.57. The summed E-state index contributed by atoms with van der Waals surface area (Å²) < 4.78 is 0. The van der Waals surface area contributed by atoms with Crippen LogP contribution in [0.2, 0.25) is 0 Å². The molecule has 4 saturated carbocycles. The van der Waals surface area contributed by atoms with Crippen LogP contribution in [0.4, 0.5) is 0 Å². The molecule has 0 aromatic heterocycles. The van der Waals surface area contributed by atoms with E-state index in [0.29, 0.717) is 0 Å². The van der Waals surface area contributed by atoms with Gasteiger partial charge in [-0.15, -0.1) is 8.58 Å². The Hall–Kier alpha value is 0.430. The van der Waals surface area contributed by atoms with Crippen molar-refractivity contribution in [3.8, 4) is 0 Å². The summed E-state index contributed by atoms with van der Waals surface area (Å²) in [6.45, 7) is 2.35. The fourth-order valence-corrected chi connectivity index (χ4v) is 6.40. The van der Waals surface area contributed by atoms with Crippen molar-refractivity contribution in [3.05, 3.63) is 0 Å². The van der Waals surface area contributed by atoms with Crippen LogP contribution in [-0.4, -0.2) is 11.8 Å². The summed E-state index contributed by atoms with van der Waals surface area (Å²) in [4.78, 5) is 0. The summed E-state index contributed by atoms with van der Waals surface area (Å²) >= 11 is 0. The molecule has 4 rings (SSSR count). The molecule has 4 fully saturated rings. The zero-order chi connectivity index (χ0) is 9.54. The van der Waals surface area contributed by atoms with E-state index < -0.39 is 0 Å². The van der Waals surface area contributed by atoms with Crippen molar-refractivity contribution in [3.63, 3.8) is 0 Å². The first-order valence-corrected chi connectivity index (χ1v) is 7.88. The highest BCUT2D eigenvalue weighted by molar-refractivity contribution is 7.38. The smallest absolute Gasteiger partial charge is 0.0180 e. The lowest BCUT2D eigenvalue weighted by atomic mass is 9.56. The van der Waals surface area contributed by atoms with Crippen molar-refractivity contribution in [2.24, 2.45) is 23.7 Å². The molecule has 1 unspecified atom stereocenters. The minimum absolute atomic E-state index is 1.17. The van der Waals surface area contributed by atoms with Gasteiger partial charge in [-0.25, -0.2) is 0 Å². The Morgan fingerprint density at radius 1 is 0.929 bits per heavy atom. The molecule has 0 amide bonds. The van der Waals surface area contributed by atoms with Gasteiger partial charge in [-0.2, -0.15) is 0 Å². The molecular weight excluding hydrogens is 187 g/mol. The minimum atomic E-state index is 1.17. The lowest BCUT2D eigenvalue weighted by Crippen LogP contribution is -2.46. The summed E-state index contributed by atoms with van der Waals surface area (Å²) in [5.41, 5.74) is 1.18. The maximum atomic E-state index is 2.35. The molecule has 80 valence electrons. The number of hydrogen-bond donors (Lipinski definition) is 0. The van der Waals surface area contributed by atoms with Crippen molar-refractivity contribution in [2.45, 2.75) is 51.1 Å². The molecule has 4 aliphatic rings. The second-order valence-corrected chi connectivity index (χ2v) is 7.49. The Bertz CT molecular complexity index is 183. The Balaban J connectivity index is 1.69. The molecular formula is C13H23P. The van der Waals surface area contributed by atoms with Crippen LogP contribution in [0, 0.1) is 23.7 Å². The van der Waals surface area contributed by atoms with E-state index in [0.717, 1.165) is 0 Å². The first-order valence-electron chi connectivity index (χ1n) is 6.60. The van der Waals surface area contributed by atoms with Gasteiger partial charge in [0.05, 0.1) is 0 Å². The zero-order valence-electron chi connectivity index (χ0n) is 9.34. The Kier molecular flexibility index (Phi) is 2.60. The normalized spacial score (nSPS) is 50.8. The van der Waals surface area contributed by atoms with Crippen LogP contribution in [0.15, 0.2) is 0 Å². The predicted octanol–water partition coefficient (Wildman–Crippen LogP) is 3.90. The van der Waals surface area contributed by atoms with Crippen LogP contribution in [0.1, 0.15) is 45.4 Å². The molecule has 14 heavy (non-hydrogen) atoms. The molecule has 0 heterocycles. The summed E-state index contributed by atoms with van der Waals surface area (Å²) in [7, 11) is 1.31. The van der Waals surface area contributed by atoms with Crippen molar-refractivity contribution in [1.82, 2.24) is 0 Å². The van der Waals surface area contributed by atoms with Crippen LogP contribution < -0.4 is 0 Å². The van der Waals surface area contributed by atoms with Gasteiger partial charge in [0.25, 0.3) is 0 Å². The molecule has 0 radical (unpaired) electrons. The average Bonchev–Trinajstić information content (AvgIpc) is 2.15. The van der Waals surface area contributed by atoms with Crippen LogP contribution in [0.3, 0.4) is 0 Å². The van der Waals surface area contributed by atoms with E-state index in [1.54, 1.807) is 32.1 Å². The molecule has 1 heteroatoms. The van der Waals surface area contributed by atoms with E-state index in [2.05, 4.69) is 6.92 Å². The van der Waals surface area contributed by atoms with Gasteiger partial charge in [0, 0.05) is 0 Å². The molecule has 0 spiro atoms. The Labute approximate surface area is 90.0 Å². The van der Waals surface area contributed by atoms with E-state index in [1.807, 2.05) is 0 Å². The standard InChI is InChI=1S/C13H23P/c1-2-3-14-13-11-5-9-4-10(7-11)8-12(13)6-9/h9-14H,2-8H2,1H3. The minimum Gasteiger partial charge on any atom is -0.118 e. The van der Waals surface area contributed by atoms with Gasteiger partial charge in [-0.05, 0) is 67.6 Å². The molecule has 0 aromatic carbocycles. The predicted molar refractivity (Wildman–Crippen MR) is 64.3 cm³/mol. The SMILES string of the molecule is CCCPC1C2CC3CC(C2)CC1C3. The second kappa shape index (κ2) is 3.78. The van der Waals surface area contributed by atoms with Crippen molar-refractivity contribution < 1.29 is 0 Å². The first kappa shape index (κ1) is 9.64. The van der Waals surface area contributed by atoms with E-state index in [4.69, 9.17) is 0 Å². The summed E-state index contributed by atoms with van der Waals surface area (Å²) in [5.74, 6) is 4.69. The highest BCUT2D eigenvalue weighted by Crippen LogP contribution is 2.58. The third-order valence-corrected chi connectivity index (χ3v) is 7.06. The lowest BCUT2D eigenvalue weighted by Gasteiger charge is -2.54. The highest BCUT2D eigenvalue weighted by atomic mass is 31.1.